The first-order valence-electron chi connectivity index (χ1n) is 14.5. The molecule has 0 unspecified atom stereocenters. The fraction of sp³-hybridized carbons (Fsp3) is 0.375. The zero-order valence-electron chi connectivity index (χ0n) is 24.9. The van der Waals surface area contributed by atoms with Crippen LogP contribution in [0.1, 0.15) is 50.7 Å². The van der Waals surface area contributed by atoms with E-state index in [1.165, 1.54) is 9.80 Å². The lowest BCUT2D eigenvalue weighted by atomic mass is 10.2. The number of amides is 2. The van der Waals surface area contributed by atoms with Gasteiger partial charge in [0.15, 0.2) is 0 Å². The van der Waals surface area contributed by atoms with Crippen molar-refractivity contribution in [2.24, 2.45) is 9.98 Å². The van der Waals surface area contributed by atoms with Gasteiger partial charge in [-0.15, -0.1) is 0 Å². The molecule has 0 saturated carbocycles. The number of guanidine groups is 2. The standard InChI is InChI=1S/C32H40N6O4/c1-5-7-19-41-25-13-9-23(10-14-25)21-27-29(39)37(3)31(35-27)33-17-18-34-32-36-28(30(40)38(32)4)22-24-11-15-26(16-12-24)42-20-8-6-2/h9-16,21-22H,5-8,17-20H2,1-4H3,(H,33,35)(H,34,36)/b27-21-,28-22-. The molecule has 10 nitrogen and oxygen atoms in total. The van der Waals surface area contributed by atoms with Gasteiger partial charge in [-0.25, -0.2) is 0 Å². The maximum atomic E-state index is 12.7. The Labute approximate surface area is 247 Å². The summed E-state index contributed by atoms with van der Waals surface area (Å²) >= 11 is 0. The van der Waals surface area contributed by atoms with Gasteiger partial charge in [-0.05, 0) is 60.4 Å². The van der Waals surface area contributed by atoms with Crippen LogP contribution in [0.5, 0.6) is 11.5 Å². The van der Waals surface area contributed by atoms with Crippen molar-refractivity contribution < 1.29 is 19.1 Å². The van der Waals surface area contributed by atoms with Gasteiger partial charge in [-0.2, -0.15) is 0 Å². The lowest BCUT2D eigenvalue weighted by Crippen LogP contribution is -2.29. The van der Waals surface area contributed by atoms with Crippen molar-refractivity contribution in [3.05, 3.63) is 71.1 Å². The largest absolute Gasteiger partial charge is 0.494 e. The van der Waals surface area contributed by atoms with Crippen LogP contribution < -0.4 is 20.1 Å². The number of unbranched alkanes of at least 4 members (excludes halogenated alkanes) is 2. The molecule has 4 rings (SSSR count). The van der Waals surface area contributed by atoms with E-state index in [2.05, 4.69) is 34.5 Å². The van der Waals surface area contributed by atoms with Gasteiger partial charge in [0.05, 0.1) is 26.3 Å². The molecule has 0 aromatic heterocycles. The van der Waals surface area contributed by atoms with Crippen LogP contribution >= 0.6 is 0 Å². The molecule has 222 valence electrons. The predicted octanol–water partition coefficient (Wildman–Crippen LogP) is 4.26. The quantitative estimate of drug-likeness (QED) is 0.274. The Balaban J connectivity index is 1.31. The number of nitrogens with one attached hydrogen (secondary N) is 2. The van der Waals surface area contributed by atoms with Gasteiger partial charge in [0, 0.05) is 14.1 Å². The van der Waals surface area contributed by atoms with E-state index in [1.807, 2.05) is 48.5 Å². The summed E-state index contributed by atoms with van der Waals surface area (Å²) < 4.78 is 11.4. The molecule has 0 atom stereocenters. The molecule has 2 fully saturated rings. The number of hydrogen-bond acceptors (Lipinski definition) is 6. The van der Waals surface area contributed by atoms with Crippen molar-refractivity contribution in [3.8, 4) is 11.5 Å². The van der Waals surface area contributed by atoms with Crippen molar-refractivity contribution in [1.82, 2.24) is 20.4 Å². The minimum Gasteiger partial charge on any atom is -0.494 e. The monoisotopic (exact) mass is 572 g/mol. The van der Waals surface area contributed by atoms with E-state index in [0.717, 1.165) is 48.3 Å². The molecule has 2 aromatic carbocycles. The maximum absolute atomic E-state index is 12.7. The summed E-state index contributed by atoms with van der Waals surface area (Å²) in [7, 11) is 3.36. The van der Waals surface area contributed by atoms with E-state index >= 15 is 0 Å². The zero-order valence-corrected chi connectivity index (χ0v) is 24.9. The normalized spacial score (nSPS) is 18.9. The first kappa shape index (κ1) is 30.4. The third kappa shape index (κ3) is 7.99. The van der Waals surface area contributed by atoms with Crippen molar-refractivity contribution in [2.75, 3.05) is 40.4 Å². The summed E-state index contributed by atoms with van der Waals surface area (Å²) in [4.78, 5) is 37.5. The van der Waals surface area contributed by atoms with E-state index in [-0.39, 0.29) is 11.8 Å². The van der Waals surface area contributed by atoms with Crippen molar-refractivity contribution >= 4 is 35.9 Å². The number of likely N-dealkylation sites (N-methyl/N-ethyl adjacent to an activating group) is 2. The smallest absolute Gasteiger partial charge is 0.276 e. The highest BCUT2D eigenvalue weighted by atomic mass is 16.5. The third-order valence-corrected chi connectivity index (χ3v) is 6.74. The lowest BCUT2D eigenvalue weighted by Gasteiger charge is -2.08. The molecule has 10 heteroatoms. The molecule has 2 aliphatic rings. The second-order valence-electron chi connectivity index (χ2n) is 10.0. The summed E-state index contributed by atoms with van der Waals surface area (Å²) in [6, 6.07) is 15.3. The Morgan fingerprint density at radius 2 is 1.05 bits per heavy atom. The fourth-order valence-electron chi connectivity index (χ4n) is 4.19. The van der Waals surface area contributed by atoms with Crippen LogP contribution in [0.2, 0.25) is 0 Å². The zero-order chi connectivity index (χ0) is 29.9. The number of aliphatic imine (C=N–C) groups is 2. The van der Waals surface area contributed by atoms with Gasteiger partial charge in [0.1, 0.15) is 22.9 Å². The Hall–Kier alpha value is -4.60. The van der Waals surface area contributed by atoms with Crippen LogP contribution in [0, 0.1) is 0 Å². The molecule has 2 amide bonds. The number of ether oxygens (including phenoxy) is 2. The number of rotatable bonds is 13. The fourth-order valence-corrected chi connectivity index (χ4v) is 4.19. The van der Waals surface area contributed by atoms with Crippen LogP contribution in [0.25, 0.3) is 12.2 Å². The van der Waals surface area contributed by atoms with Crippen LogP contribution in [0.3, 0.4) is 0 Å². The van der Waals surface area contributed by atoms with Crippen LogP contribution in [0.4, 0.5) is 0 Å². The van der Waals surface area contributed by atoms with Gasteiger partial charge in [-0.1, -0.05) is 51.0 Å². The van der Waals surface area contributed by atoms with Gasteiger partial charge >= 0.3 is 0 Å². The molecule has 0 radical (unpaired) electrons. The number of carbonyl (C=O) groups is 2. The molecule has 0 spiro atoms. The van der Waals surface area contributed by atoms with Crippen molar-refractivity contribution in [1.29, 1.82) is 0 Å². The summed E-state index contributed by atoms with van der Waals surface area (Å²) in [6.45, 7) is 6.31. The van der Waals surface area contributed by atoms with E-state index < -0.39 is 0 Å². The Kier molecular flexibility index (Phi) is 10.7. The van der Waals surface area contributed by atoms with Crippen molar-refractivity contribution in [3.63, 3.8) is 0 Å². The lowest BCUT2D eigenvalue weighted by molar-refractivity contribution is -0.122. The SMILES string of the molecule is CCCCOc1ccc(/C=C2\NC(=NCCN=C3N/C(=C\c4ccc(OCCCC)cc4)C(=O)N3C)N(C)C2=O)cc1. The minimum absolute atomic E-state index is 0.165. The molecular weight excluding hydrogens is 532 g/mol. The average Bonchev–Trinajstić information content (AvgIpc) is 3.42. The second kappa shape index (κ2) is 14.9. The van der Waals surface area contributed by atoms with E-state index in [1.54, 1.807) is 26.2 Å². The number of carbonyl (C=O) groups excluding carboxylic acids is 2. The molecular formula is C32H40N6O4. The number of benzene rings is 2. The summed E-state index contributed by atoms with van der Waals surface area (Å²) in [5.41, 5.74) is 2.66. The molecule has 2 aliphatic heterocycles. The van der Waals surface area contributed by atoms with E-state index in [4.69, 9.17) is 9.47 Å². The van der Waals surface area contributed by atoms with Crippen LogP contribution in [0.15, 0.2) is 69.9 Å². The molecule has 42 heavy (non-hydrogen) atoms. The maximum Gasteiger partial charge on any atom is 0.276 e. The predicted molar refractivity (Wildman–Crippen MR) is 166 cm³/mol. The first-order valence-corrected chi connectivity index (χ1v) is 14.5. The molecule has 2 saturated heterocycles. The van der Waals surface area contributed by atoms with Crippen LogP contribution in [-0.2, 0) is 9.59 Å². The first-order chi connectivity index (χ1) is 20.4. The summed E-state index contributed by atoms with van der Waals surface area (Å²) in [6.07, 6.45) is 7.78. The second-order valence-corrected chi connectivity index (χ2v) is 10.0. The van der Waals surface area contributed by atoms with Crippen molar-refractivity contribution in [2.45, 2.75) is 39.5 Å². The third-order valence-electron chi connectivity index (χ3n) is 6.74. The summed E-state index contributed by atoms with van der Waals surface area (Å²) in [5, 5.41) is 6.20. The van der Waals surface area contributed by atoms with Crippen LogP contribution in [-0.4, -0.2) is 73.9 Å². The molecule has 2 aromatic rings. The highest BCUT2D eigenvalue weighted by Crippen LogP contribution is 2.18. The highest BCUT2D eigenvalue weighted by Gasteiger charge is 2.29. The Morgan fingerprint density at radius 3 is 1.40 bits per heavy atom. The molecule has 0 aliphatic carbocycles. The Morgan fingerprint density at radius 1 is 0.667 bits per heavy atom. The topological polar surface area (TPSA) is 108 Å². The van der Waals surface area contributed by atoms with Gasteiger partial charge in [0.2, 0.25) is 11.9 Å². The summed E-state index contributed by atoms with van der Waals surface area (Å²) in [5.74, 6) is 2.20. The Bertz CT molecular complexity index is 1260. The van der Waals surface area contributed by atoms with E-state index in [9.17, 15) is 9.59 Å². The molecule has 2 heterocycles. The minimum atomic E-state index is -0.165. The molecule has 2 N–H and O–H groups in total. The molecule has 0 bridgehead atoms. The number of nitrogens with zero attached hydrogens (tertiary/aromatic N) is 4. The van der Waals surface area contributed by atoms with E-state index in [0.29, 0.717) is 49.6 Å². The van der Waals surface area contributed by atoms with Gasteiger partial charge in [-0.3, -0.25) is 29.4 Å². The number of hydrogen-bond donors (Lipinski definition) is 2. The highest BCUT2D eigenvalue weighted by molar-refractivity contribution is 6.16. The van der Waals surface area contributed by atoms with Gasteiger partial charge < -0.3 is 20.1 Å². The van der Waals surface area contributed by atoms with Gasteiger partial charge in [0.25, 0.3) is 11.8 Å². The average molecular weight is 573 g/mol.